The lowest BCUT2D eigenvalue weighted by molar-refractivity contribution is 0.300. The summed E-state index contributed by atoms with van der Waals surface area (Å²) >= 11 is 1.56. The summed E-state index contributed by atoms with van der Waals surface area (Å²) in [5.74, 6) is 0.126. The molecule has 0 spiro atoms. The lowest BCUT2D eigenvalue weighted by Crippen LogP contribution is -2.00. The number of imidazole rings is 1. The monoisotopic (exact) mass is 277 g/mol. The minimum atomic E-state index is -0.344. The molecule has 0 bridgehead atoms. The molecule has 0 saturated carbocycles. The zero-order valence-electron chi connectivity index (χ0n) is 10.0. The Bertz CT molecular complexity index is 678. The summed E-state index contributed by atoms with van der Waals surface area (Å²) in [6.07, 6.45) is 3.83. The predicted octanol–water partition coefficient (Wildman–Crippen LogP) is 2.57. The van der Waals surface area contributed by atoms with Gasteiger partial charge in [-0.15, -0.1) is 11.3 Å². The quantitative estimate of drug-likeness (QED) is 0.797. The molecule has 98 valence electrons. The van der Waals surface area contributed by atoms with Crippen LogP contribution in [0.2, 0.25) is 0 Å². The molecule has 4 nitrogen and oxygen atoms in total. The number of aromatic nitrogens is 2. The van der Waals surface area contributed by atoms with Gasteiger partial charge in [0.25, 0.3) is 0 Å². The summed E-state index contributed by atoms with van der Waals surface area (Å²) in [5.41, 5.74) is 7.02. The van der Waals surface area contributed by atoms with E-state index in [1.807, 2.05) is 22.2 Å². The second-order valence-electron chi connectivity index (χ2n) is 4.11. The van der Waals surface area contributed by atoms with Gasteiger partial charge >= 0.3 is 0 Å². The maximum Gasteiger partial charge on any atom is 0.193 e. The van der Waals surface area contributed by atoms with Crippen LogP contribution in [0.3, 0.4) is 0 Å². The van der Waals surface area contributed by atoms with Gasteiger partial charge < -0.3 is 10.5 Å². The molecule has 2 N–H and O–H groups in total. The van der Waals surface area contributed by atoms with Crippen molar-refractivity contribution in [3.05, 3.63) is 53.0 Å². The van der Waals surface area contributed by atoms with Gasteiger partial charge in [0.1, 0.15) is 18.2 Å². The third kappa shape index (κ3) is 2.59. The van der Waals surface area contributed by atoms with E-state index in [1.54, 1.807) is 17.4 Å². The normalized spacial score (nSPS) is 11.1. The molecule has 0 aliphatic rings. The molecule has 6 heteroatoms. The van der Waals surface area contributed by atoms with Gasteiger partial charge in [0.15, 0.2) is 4.96 Å². The van der Waals surface area contributed by atoms with Crippen molar-refractivity contribution < 1.29 is 9.13 Å². The summed E-state index contributed by atoms with van der Waals surface area (Å²) in [5, 5.41) is 1.97. The van der Waals surface area contributed by atoms with E-state index in [4.69, 9.17) is 10.5 Å². The van der Waals surface area contributed by atoms with Crippen molar-refractivity contribution in [1.29, 1.82) is 0 Å². The van der Waals surface area contributed by atoms with Crippen molar-refractivity contribution in [3.8, 4) is 5.75 Å². The summed E-state index contributed by atoms with van der Waals surface area (Å²) < 4.78 is 20.8. The highest BCUT2D eigenvalue weighted by molar-refractivity contribution is 7.15. The molecule has 3 rings (SSSR count). The number of nitrogens with zero attached hydrogens (tertiary/aromatic N) is 2. The van der Waals surface area contributed by atoms with Crippen LogP contribution in [-0.4, -0.2) is 9.38 Å². The fourth-order valence-corrected chi connectivity index (χ4v) is 2.54. The van der Waals surface area contributed by atoms with Crippen molar-refractivity contribution in [3.63, 3.8) is 0 Å². The summed E-state index contributed by atoms with van der Waals surface area (Å²) in [4.78, 5) is 5.31. The fourth-order valence-electron chi connectivity index (χ4n) is 1.82. The van der Waals surface area contributed by atoms with Gasteiger partial charge in [-0.2, -0.15) is 0 Å². The summed E-state index contributed by atoms with van der Waals surface area (Å²) in [7, 11) is 0. The van der Waals surface area contributed by atoms with Crippen molar-refractivity contribution >= 4 is 16.3 Å². The molecule has 0 radical (unpaired) electrons. The number of halogens is 1. The molecule has 0 atom stereocenters. The van der Waals surface area contributed by atoms with E-state index in [2.05, 4.69) is 4.98 Å². The van der Waals surface area contributed by atoms with E-state index in [9.17, 15) is 4.39 Å². The average Bonchev–Trinajstić information content (AvgIpc) is 2.96. The number of rotatable bonds is 4. The Morgan fingerprint density at radius 2 is 2.26 bits per heavy atom. The molecule has 2 heterocycles. The van der Waals surface area contributed by atoms with Gasteiger partial charge in [0, 0.05) is 30.4 Å². The number of nitrogens with two attached hydrogens (primary N) is 1. The summed E-state index contributed by atoms with van der Waals surface area (Å²) in [6.45, 7) is 0.593. The van der Waals surface area contributed by atoms with Gasteiger partial charge in [0.05, 0.1) is 5.69 Å². The summed E-state index contributed by atoms with van der Waals surface area (Å²) in [6, 6.07) is 4.48. The minimum absolute atomic E-state index is 0.286. The molecular formula is C13H12FN3OS. The smallest absolute Gasteiger partial charge is 0.193 e. The number of benzene rings is 1. The van der Waals surface area contributed by atoms with Crippen molar-refractivity contribution in [2.45, 2.75) is 13.2 Å². The van der Waals surface area contributed by atoms with Gasteiger partial charge in [-0.3, -0.25) is 4.40 Å². The molecule has 19 heavy (non-hydrogen) atoms. The molecule has 0 amide bonds. The molecule has 0 saturated heterocycles. The zero-order chi connectivity index (χ0) is 13.2. The van der Waals surface area contributed by atoms with Crippen LogP contribution in [-0.2, 0) is 13.2 Å². The molecule has 3 aromatic rings. The maximum absolute atomic E-state index is 13.3. The minimum Gasteiger partial charge on any atom is -0.487 e. The Morgan fingerprint density at radius 3 is 3.05 bits per heavy atom. The van der Waals surface area contributed by atoms with Crippen LogP contribution in [0, 0.1) is 5.82 Å². The van der Waals surface area contributed by atoms with Crippen molar-refractivity contribution in [2.75, 3.05) is 0 Å². The first-order valence-corrected chi connectivity index (χ1v) is 6.66. The Kier molecular flexibility index (Phi) is 3.18. The Balaban J connectivity index is 1.75. The highest BCUT2D eigenvalue weighted by atomic mass is 32.1. The molecule has 0 aliphatic heterocycles. The second-order valence-corrected chi connectivity index (χ2v) is 4.99. The topological polar surface area (TPSA) is 52.5 Å². The zero-order valence-corrected chi connectivity index (χ0v) is 10.9. The average molecular weight is 277 g/mol. The second kappa shape index (κ2) is 4.99. The number of hydrogen-bond acceptors (Lipinski definition) is 4. The number of fused-ring (bicyclic) bond motifs is 1. The van der Waals surface area contributed by atoms with Crippen molar-refractivity contribution in [1.82, 2.24) is 9.38 Å². The van der Waals surface area contributed by atoms with E-state index >= 15 is 0 Å². The van der Waals surface area contributed by atoms with E-state index in [-0.39, 0.29) is 12.4 Å². The van der Waals surface area contributed by atoms with Crippen LogP contribution in [0.25, 0.3) is 4.96 Å². The number of thiazole rings is 1. The molecule has 0 unspecified atom stereocenters. The first kappa shape index (κ1) is 12.1. The van der Waals surface area contributed by atoms with Crippen LogP contribution >= 0.6 is 11.3 Å². The standard InChI is InChI=1S/C13H12FN3OS/c14-10-3-9(6-15)4-12(5-10)18-8-11-7-17-1-2-19-13(17)16-11/h1-5,7H,6,8,15H2. The van der Waals surface area contributed by atoms with Gasteiger partial charge in [-0.25, -0.2) is 9.37 Å². The lowest BCUT2D eigenvalue weighted by atomic mass is 10.2. The van der Waals surface area contributed by atoms with Crippen molar-refractivity contribution in [2.24, 2.45) is 5.73 Å². The first-order valence-electron chi connectivity index (χ1n) is 5.78. The van der Waals surface area contributed by atoms with Crippen LogP contribution in [0.4, 0.5) is 4.39 Å². The van der Waals surface area contributed by atoms with Gasteiger partial charge in [-0.1, -0.05) is 0 Å². The molecule has 0 fully saturated rings. The third-order valence-electron chi connectivity index (χ3n) is 2.70. The molecule has 2 aromatic heterocycles. The molecule has 0 aliphatic carbocycles. The van der Waals surface area contributed by atoms with E-state index in [0.717, 1.165) is 10.7 Å². The van der Waals surface area contributed by atoms with Crippen LogP contribution < -0.4 is 10.5 Å². The third-order valence-corrected chi connectivity index (χ3v) is 3.47. The van der Waals surface area contributed by atoms with E-state index in [0.29, 0.717) is 17.9 Å². The highest BCUT2D eigenvalue weighted by Gasteiger charge is 2.05. The number of hydrogen-bond donors (Lipinski definition) is 1. The Hall–Kier alpha value is -1.92. The highest BCUT2D eigenvalue weighted by Crippen LogP contribution is 2.18. The Labute approximate surface area is 113 Å². The van der Waals surface area contributed by atoms with Crippen LogP contribution in [0.1, 0.15) is 11.3 Å². The van der Waals surface area contributed by atoms with E-state index < -0.39 is 0 Å². The molecular weight excluding hydrogens is 265 g/mol. The van der Waals surface area contributed by atoms with Crippen LogP contribution in [0.5, 0.6) is 5.75 Å². The van der Waals surface area contributed by atoms with Gasteiger partial charge in [-0.05, 0) is 17.7 Å². The lowest BCUT2D eigenvalue weighted by Gasteiger charge is -2.06. The SMILES string of the molecule is NCc1cc(F)cc(OCc2cn3ccsc3n2)c1. The van der Waals surface area contributed by atoms with E-state index in [1.165, 1.54) is 12.1 Å². The number of ether oxygens (including phenoxy) is 1. The Morgan fingerprint density at radius 1 is 1.37 bits per heavy atom. The molecule has 1 aromatic carbocycles. The fraction of sp³-hybridized carbons (Fsp3) is 0.154. The maximum atomic E-state index is 13.3. The van der Waals surface area contributed by atoms with Gasteiger partial charge in [0.2, 0.25) is 0 Å². The predicted molar refractivity (Wildman–Crippen MR) is 71.7 cm³/mol. The first-order chi connectivity index (χ1) is 9.24. The van der Waals surface area contributed by atoms with Crippen LogP contribution in [0.15, 0.2) is 36.0 Å². The largest absolute Gasteiger partial charge is 0.487 e.